The van der Waals surface area contributed by atoms with Gasteiger partial charge in [-0.05, 0) is 31.1 Å². The van der Waals surface area contributed by atoms with Crippen molar-refractivity contribution < 1.29 is 27.8 Å². The van der Waals surface area contributed by atoms with E-state index in [1.807, 2.05) is 12.1 Å². The van der Waals surface area contributed by atoms with Gasteiger partial charge in [-0.15, -0.1) is 0 Å². The molecule has 36 heavy (non-hydrogen) atoms. The zero-order chi connectivity index (χ0) is 26.3. The van der Waals surface area contributed by atoms with Gasteiger partial charge in [-0.2, -0.15) is 5.26 Å². The number of methoxy groups -OCH3 is 1. The standard InChI is InChI=1S/C27H27F2N3O4/c1-15-20(11-10-19-9-8-18(13-32-19)21-7-5-4-6-17(21)12-30)22-16(2)36-25(34)26(22,14-27(15,28)29)23(35-3)24(31)33/h4-11,13,15-16,20,22-23H,14H2,1-3H3,(H2,31,33)/t15-,16+,20-,22-,23?,26+/m0/s1. The Hall–Kier alpha value is -3.64. The molecule has 1 saturated carbocycles. The fourth-order valence-electron chi connectivity index (χ4n) is 5.84. The van der Waals surface area contributed by atoms with Crippen LogP contribution in [0.15, 0.2) is 48.7 Å². The van der Waals surface area contributed by atoms with E-state index >= 15 is 8.78 Å². The lowest BCUT2D eigenvalue weighted by Gasteiger charge is -2.49. The Morgan fingerprint density at radius 1 is 1.31 bits per heavy atom. The minimum Gasteiger partial charge on any atom is -0.462 e. The molecule has 2 N–H and O–H groups in total. The molecule has 9 heteroatoms. The molecule has 1 aliphatic carbocycles. The number of hydrogen-bond acceptors (Lipinski definition) is 6. The van der Waals surface area contributed by atoms with E-state index in [0.29, 0.717) is 11.3 Å². The summed E-state index contributed by atoms with van der Waals surface area (Å²) >= 11 is 0. The molecule has 2 fully saturated rings. The Morgan fingerprint density at radius 2 is 2.03 bits per heavy atom. The first-order chi connectivity index (χ1) is 17.1. The molecule has 1 aromatic heterocycles. The number of allylic oxidation sites excluding steroid dienone is 1. The number of nitrogens with two attached hydrogens (primary N) is 1. The van der Waals surface area contributed by atoms with Crippen molar-refractivity contribution in [2.24, 2.45) is 28.9 Å². The Kier molecular flexibility index (Phi) is 6.67. The lowest BCUT2D eigenvalue weighted by atomic mass is 9.54. The molecular formula is C27H27F2N3O4. The summed E-state index contributed by atoms with van der Waals surface area (Å²) in [6.45, 7) is 3.06. The summed E-state index contributed by atoms with van der Waals surface area (Å²) in [6.07, 6.45) is 1.68. The highest BCUT2D eigenvalue weighted by Gasteiger charge is 2.71. The summed E-state index contributed by atoms with van der Waals surface area (Å²) in [6, 6.07) is 12.8. The summed E-state index contributed by atoms with van der Waals surface area (Å²) in [4.78, 5) is 29.6. The predicted octanol–water partition coefficient (Wildman–Crippen LogP) is 3.97. The largest absolute Gasteiger partial charge is 0.462 e. The molecule has 1 amide bonds. The second kappa shape index (κ2) is 9.43. The molecule has 1 unspecified atom stereocenters. The summed E-state index contributed by atoms with van der Waals surface area (Å²) in [7, 11) is 1.18. The number of rotatable bonds is 6. The molecule has 2 heterocycles. The van der Waals surface area contributed by atoms with Gasteiger partial charge < -0.3 is 15.2 Å². The number of nitrogens with zero attached hydrogens (tertiary/aromatic N) is 2. The van der Waals surface area contributed by atoms with Gasteiger partial charge in [-0.3, -0.25) is 14.6 Å². The number of amides is 1. The van der Waals surface area contributed by atoms with Crippen molar-refractivity contribution in [3.05, 3.63) is 59.9 Å². The highest BCUT2D eigenvalue weighted by Crippen LogP contribution is 2.61. The van der Waals surface area contributed by atoms with Crippen LogP contribution >= 0.6 is 0 Å². The number of esters is 1. The van der Waals surface area contributed by atoms with Crippen LogP contribution in [-0.4, -0.2) is 42.1 Å². The molecule has 1 saturated heterocycles. The van der Waals surface area contributed by atoms with Gasteiger partial charge in [0, 0.05) is 42.7 Å². The van der Waals surface area contributed by atoms with Gasteiger partial charge in [0.2, 0.25) is 5.91 Å². The first-order valence-corrected chi connectivity index (χ1v) is 11.6. The predicted molar refractivity (Wildman–Crippen MR) is 127 cm³/mol. The molecule has 1 aliphatic heterocycles. The lowest BCUT2D eigenvalue weighted by Crippen LogP contribution is -2.61. The first kappa shape index (κ1) is 25.5. The minimum atomic E-state index is -3.28. The number of halogens is 2. The number of primary amides is 1. The fourth-order valence-corrected chi connectivity index (χ4v) is 5.84. The Morgan fingerprint density at radius 3 is 2.64 bits per heavy atom. The van der Waals surface area contributed by atoms with Crippen LogP contribution in [-0.2, 0) is 19.1 Å². The van der Waals surface area contributed by atoms with Gasteiger partial charge >= 0.3 is 5.97 Å². The van der Waals surface area contributed by atoms with E-state index in [1.54, 1.807) is 49.5 Å². The quantitative estimate of drug-likeness (QED) is 0.607. The number of hydrogen-bond donors (Lipinski definition) is 1. The van der Waals surface area contributed by atoms with Crippen LogP contribution in [0.3, 0.4) is 0 Å². The molecule has 0 bridgehead atoms. The summed E-state index contributed by atoms with van der Waals surface area (Å²) < 4.78 is 41.3. The first-order valence-electron chi connectivity index (χ1n) is 11.6. The molecule has 188 valence electrons. The molecule has 0 spiro atoms. The third-order valence-electron chi connectivity index (χ3n) is 7.56. The van der Waals surface area contributed by atoms with Gasteiger partial charge in [0.25, 0.3) is 5.92 Å². The third kappa shape index (κ3) is 4.05. The van der Waals surface area contributed by atoms with E-state index in [0.717, 1.165) is 11.1 Å². The molecule has 7 nitrogen and oxygen atoms in total. The van der Waals surface area contributed by atoms with Gasteiger partial charge in [0.05, 0.1) is 17.3 Å². The molecule has 0 radical (unpaired) electrons. The second-order valence-electron chi connectivity index (χ2n) is 9.49. The Balaban J connectivity index is 1.71. The number of alkyl halides is 2. The van der Waals surface area contributed by atoms with E-state index in [-0.39, 0.29) is 0 Å². The summed E-state index contributed by atoms with van der Waals surface area (Å²) in [5.74, 6) is -7.89. The van der Waals surface area contributed by atoms with Crippen molar-refractivity contribution >= 4 is 18.0 Å². The fraction of sp³-hybridized carbons (Fsp3) is 0.407. The molecular weight excluding hydrogens is 468 g/mol. The maximum atomic E-state index is 15.3. The normalized spacial score (nSPS) is 29.8. The maximum absolute atomic E-state index is 15.3. The number of cyclic esters (lactones) is 1. The van der Waals surface area contributed by atoms with Gasteiger partial charge in [0.15, 0.2) is 6.10 Å². The SMILES string of the molecule is COC(C(N)=O)[C@@]12CC(F)(F)[C@@H](C)[C@H](C=Cc3ccc(-c4ccccc4C#N)cn3)[C@@H]1[C@@H](C)OC2=O. The highest BCUT2D eigenvalue weighted by atomic mass is 19.3. The average Bonchev–Trinajstić information content (AvgIpc) is 3.08. The van der Waals surface area contributed by atoms with E-state index in [2.05, 4.69) is 11.1 Å². The van der Waals surface area contributed by atoms with Crippen LogP contribution in [0.5, 0.6) is 0 Å². The number of benzene rings is 1. The van der Waals surface area contributed by atoms with E-state index < -0.39 is 59.6 Å². The minimum absolute atomic E-state index is 0.510. The van der Waals surface area contributed by atoms with Crippen LogP contribution in [0.2, 0.25) is 0 Å². The molecule has 6 atom stereocenters. The van der Waals surface area contributed by atoms with Crippen LogP contribution in [0.25, 0.3) is 17.2 Å². The van der Waals surface area contributed by atoms with Crippen molar-refractivity contribution in [1.29, 1.82) is 5.26 Å². The Labute approximate surface area is 207 Å². The zero-order valence-corrected chi connectivity index (χ0v) is 20.2. The lowest BCUT2D eigenvalue weighted by molar-refractivity contribution is -0.195. The van der Waals surface area contributed by atoms with E-state index in [4.69, 9.17) is 15.2 Å². The number of carbonyl (C=O) groups is 2. The van der Waals surface area contributed by atoms with Crippen LogP contribution < -0.4 is 5.73 Å². The smallest absolute Gasteiger partial charge is 0.316 e. The number of ether oxygens (including phenoxy) is 2. The Bertz CT molecular complexity index is 1240. The average molecular weight is 496 g/mol. The third-order valence-corrected chi connectivity index (χ3v) is 7.56. The van der Waals surface area contributed by atoms with Crippen molar-refractivity contribution in [1.82, 2.24) is 4.98 Å². The van der Waals surface area contributed by atoms with Gasteiger partial charge in [-0.25, -0.2) is 8.78 Å². The van der Waals surface area contributed by atoms with Crippen molar-refractivity contribution in [3.8, 4) is 17.2 Å². The van der Waals surface area contributed by atoms with E-state index in [9.17, 15) is 14.9 Å². The number of aromatic nitrogens is 1. The van der Waals surface area contributed by atoms with E-state index in [1.165, 1.54) is 14.0 Å². The van der Waals surface area contributed by atoms with Gasteiger partial charge in [0.1, 0.15) is 11.5 Å². The van der Waals surface area contributed by atoms with Crippen molar-refractivity contribution in [2.75, 3.05) is 7.11 Å². The van der Waals surface area contributed by atoms with Crippen LogP contribution in [0.1, 0.15) is 31.5 Å². The van der Waals surface area contributed by atoms with Gasteiger partial charge in [-0.1, -0.05) is 37.3 Å². The summed E-state index contributed by atoms with van der Waals surface area (Å²) in [5, 5.41) is 9.34. The monoisotopic (exact) mass is 495 g/mol. The van der Waals surface area contributed by atoms with Crippen molar-refractivity contribution in [3.63, 3.8) is 0 Å². The number of pyridine rings is 1. The van der Waals surface area contributed by atoms with Crippen LogP contribution in [0.4, 0.5) is 8.78 Å². The molecule has 1 aromatic carbocycles. The second-order valence-corrected chi connectivity index (χ2v) is 9.49. The molecule has 4 rings (SSSR count). The maximum Gasteiger partial charge on any atom is 0.316 e. The number of nitriles is 1. The number of carbonyl (C=O) groups excluding carboxylic acids is 2. The molecule has 2 aromatic rings. The number of fused-ring (bicyclic) bond motifs is 1. The summed E-state index contributed by atoms with van der Waals surface area (Å²) in [5.41, 5.74) is 6.09. The van der Waals surface area contributed by atoms with Crippen molar-refractivity contribution in [2.45, 2.75) is 38.4 Å². The highest BCUT2D eigenvalue weighted by molar-refractivity contribution is 5.91. The van der Waals surface area contributed by atoms with Crippen LogP contribution in [0, 0.1) is 34.5 Å². The zero-order valence-electron chi connectivity index (χ0n) is 20.2. The topological polar surface area (TPSA) is 115 Å². The molecule has 2 aliphatic rings.